The van der Waals surface area contributed by atoms with Gasteiger partial charge in [-0.1, -0.05) is 27.7 Å². The van der Waals surface area contributed by atoms with Crippen LogP contribution in [0.4, 0.5) is 0 Å². The van der Waals surface area contributed by atoms with E-state index in [0.29, 0.717) is 26.4 Å². The number of aliphatic hydroxyl groups excluding tert-OH is 5. The second-order valence-corrected chi connectivity index (χ2v) is 11.1. The van der Waals surface area contributed by atoms with Gasteiger partial charge in [-0.3, -0.25) is 34.7 Å². The summed E-state index contributed by atoms with van der Waals surface area (Å²) >= 11 is 0. The highest BCUT2D eigenvalue weighted by molar-refractivity contribution is 5.85. The number of carbonyl (C=O) groups is 4. The number of hydrogen-bond acceptors (Lipinski definition) is 17. The second-order valence-electron chi connectivity index (χ2n) is 11.1. The molecule has 0 radical (unpaired) electrons. The molecule has 0 aromatic heterocycles. The molecule has 0 saturated heterocycles. The molecular formula is C32H70ClN4O13+. The van der Waals surface area contributed by atoms with Crippen LogP contribution in [0, 0.1) is 6.92 Å². The van der Waals surface area contributed by atoms with E-state index in [1.807, 2.05) is 27.7 Å². The molecule has 0 bridgehead atoms. The monoisotopic (exact) mass is 753 g/mol. The Bertz CT molecular complexity index is 739. The molecule has 0 heterocycles. The quantitative estimate of drug-likeness (QED) is 0.0309. The van der Waals surface area contributed by atoms with Crippen LogP contribution in [0.5, 0.6) is 0 Å². The van der Waals surface area contributed by atoms with E-state index in [0.717, 1.165) is 25.7 Å². The van der Waals surface area contributed by atoms with E-state index in [1.165, 1.54) is 6.92 Å². The van der Waals surface area contributed by atoms with Crippen molar-refractivity contribution in [3.63, 3.8) is 0 Å². The minimum Gasteiger partial charge on any atom is -0.464 e. The van der Waals surface area contributed by atoms with Crippen LogP contribution in [0.1, 0.15) is 74.1 Å². The number of ether oxygens (including phenoxy) is 4. The largest absolute Gasteiger partial charge is 0.464 e. The highest BCUT2D eigenvalue weighted by atomic mass is 35.5. The van der Waals surface area contributed by atoms with Crippen molar-refractivity contribution in [3.8, 4) is 0 Å². The summed E-state index contributed by atoms with van der Waals surface area (Å²) in [6.07, 6.45) is -1.10. The molecule has 0 amide bonds. The lowest BCUT2D eigenvalue weighted by Crippen LogP contribution is -2.45. The third-order valence-electron chi connectivity index (χ3n) is 5.46. The van der Waals surface area contributed by atoms with Crippen LogP contribution in [0.2, 0.25) is 0 Å². The first-order valence-electron chi connectivity index (χ1n) is 16.3. The van der Waals surface area contributed by atoms with E-state index in [9.17, 15) is 29.4 Å². The summed E-state index contributed by atoms with van der Waals surface area (Å²) in [6, 6.07) is -2.04. The highest BCUT2D eigenvalue weighted by Gasteiger charge is 2.28. The Kier molecular flexibility index (Phi) is 47.2. The molecular weight excluding hydrogens is 684 g/mol. The minimum atomic E-state index is -1.06. The van der Waals surface area contributed by atoms with Gasteiger partial charge in [0.15, 0.2) is 0 Å². The zero-order valence-electron chi connectivity index (χ0n) is 32.0. The van der Waals surface area contributed by atoms with Gasteiger partial charge in [-0.2, -0.15) is 0 Å². The van der Waals surface area contributed by atoms with Crippen molar-refractivity contribution in [2.45, 2.75) is 123 Å². The fraction of sp³-hybridized carbons (Fsp3) is 0.844. The molecule has 0 fully saturated rings. The maximum atomic E-state index is 11.4. The minimum absolute atomic E-state index is 0. The Labute approximate surface area is 305 Å². The summed E-state index contributed by atoms with van der Waals surface area (Å²) < 4.78 is 18.6. The normalized spacial score (nSPS) is 14.8. The van der Waals surface area contributed by atoms with Gasteiger partial charge in [0.05, 0.1) is 45.1 Å². The van der Waals surface area contributed by atoms with Gasteiger partial charge in [0.1, 0.15) is 18.1 Å². The summed E-state index contributed by atoms with van der Waals surface area (Å²) in [6.45, 7) is 17.1. The maximum Gasteiger partial charge on any atom is 0.326 e. The summed E-state index contributed by atoms with van der Waals surface area (Å²) in [5.41, 5.74) is 10.2. The van der Waals surface area contributed by atoms with Crippen LogP contribution in [-0.2, 0) is 38.1 Å². The Balaban J connectivity index is -0.000000125. The third-order valence-corrected chi connectivity index (χ3v) is 5.46. The predicted molar refractivity (Wildman–Crippen MR) is 193 cm³/mol. The number of esters is 3. The predicted octanol–water partition coefficient (Wildman–Crippen LogP) is -0.401. The van der Waals surface area contributed by atoms with Crippen molar-refractivity contribution in [2.75, 3.05) is 54.6 Å². The van der Waals surface area contributed by atoms with Crippen LogP contribution in [0.25, 0.3) is 0 Å². The molecule has 0 aromatic rings. The number of likely N-dealkylation sites (N-methyl/N-ethyl adjacent to an activating group) is 2. The lowest BCUT2D eigenvalue weighted by Gasteiger charge is -2.24. The number of halogens is 1. The van der Waals surface area contributed by atoms with Gasteiger partial charge in [0, 0.05) is 6.61 Å². The van der Waals surface area contributed by atoms with E-state index in [4.69, 9.17) is 41.0 Å². The van der Waals surface area contributed by atoms with Crippen molar-refractivity contribution in [1.82, 2.24) is 9.80 Å². The molecule has 0 aliphatic heterocycles. The van der Waals surface area contributed by atoms with Gasteiger partial charge in [-0.25, -0.2) is 0 Å². The van der Waals surface area contributed by atoms with Crippen molar-refractivity contribution in [1.29, 1.82) is 0 Å². The smallest absolute Gasteiger partial charge is 0.326 e. The Morgan fingerprint density at radius 1 is 0.680 bits per heavy atom. The molecule has 0 aliphatic rings. The standard InChI is InChI=1S/2C9H19NO3.C7H15NO3.C4H8NO3.C3H8O.ClH/c2*1-5-6-13-9(12)8(7(2)11)10(3)4;1-3-4-11-7(10)6(8)5(2)9;1-3(7)4(5)8-2-6;1-2-3-4;/h2*7-8,11H,5-6H2,1-4H3;5-6,9H,3-4,8H2,1-2H3;2-4,7H,1,5H2;4H,2-3H2,1H3;1H/q;;;+1;;. The molecule has 8 unspecified atom stereocenters. The lowest BCUT2D eigenvalue weighted by molar-refractivity contribution is -0.153. The zero-order chi connectivity index (χ0) is 39.7. The second kappa shape index (κ2) is 39.5. The summed E-state index contributed by atoms with van der Waals surface area (Å²) in [4.78, 5) is 46.3. The Morgan fingerprint density at radius 3 is 1.14 bits per heavy atom. The Hall–Kier alpha value is -2.32. The summed E-state index contributed by atoms with van der Waals surface area (Å²) in [5.74, 6) is -1.26. The van der Waals surface area contributed by atoms with Gasteiger partial charge in [0.25, 0.3) is 6.47 Å². The van der Waals surface area contributed by atoms with Crippen LogP contribution in [0.3, 0.4) is 0 Å². The first-order chi connectivity index (χ1) is 22.7. The van der Waals surface area contributed by atoms with Crippen LogP contribution in [-0.4, -0.2) is 163 Å². The number of aliphatic hydroxyl groups is 5. The molecule has 0 aromatic carbocycles. The van der Waals surface area contributed by atoms with Gasteiger partial charge < -0.3 is 50.2 Å². The maximum absolute atomic E-state index is 11.4. The van der Waals surface area contributed by atoms with Gasteiger partial charge in [-0.05, 0) is 74.6 Å². The molecule has 0 aliphatic carbocycles. The number of hydrogen-bond donors (Lipinski definition) is 7. The molecule has 302 valence electrons. The van der Waals surface area contributed by atoms with Crippen LogP contribution < -0.4 is 11.5 Å². The number of rotatable bonds is 18. The van der Waals surface area contributed by atoms with Crippen molar-refractivity contribution in [3.05, 3.63) is 6.92 Å². The Morgan fingerprint density at radius 2 is 0.980 bits per heavy atom. The fourth-order valence-electron chi connectivity index (χ4n) is 2.91. The topological polar surface area (TPSA) is 265 Å². The van der Waals surface area contributed by atoms with E-state index >= 15 is 0 Å². The van der Waals surface area contributed by atoms with Crippen molar-refractivity contribution < 1.29 is 63.7 Å². The lowest BCUT2D eigenvalue weighted by atomic mass is 10.2. The summed E-state index contributed by atoms with van der Waals surface area (Å²) in [5, 5.41) is 43.8. The number of carbonyl (C=O) groups excluding carboxylic acids is 4. The van der Waals surface area contributed by atoms with Crippen molar-refractivity contribution in [2.24, 2.45) is 11.5 Å². The van der Waals surface area contributed by atoms with E-state index in [2.05, 4.69) is 11.7 Å². The van der Waals surface area contributed by atoms with E-state index < -0.39 is 54.7 Å². The average Bonchev–Trinajstić information content (AvgIpc) is 3.01. The molecule has 8 atom stereocenters. The first kappa shape index (κ1) is 59.8. The SMILES string of the molecule is CCCO.CCCOC(=O)C(C(C)O)N(C)C.CCCOC(=O)C(C(C)O)N(C)C.CCCOC(=O)C(N)C(C)O.Cl.[CH2+]C(O)C(N)OC=O. The molecule has 0 spiro atoms. The molecule has 0 saturated carbocycles. The zero-order valence-corrected chi connectivity index (χ0v) is 32.8. The average molecular weight is 754 g/mol. The summed E-state index contributed by atoms with van der Waals surface area (Å²) in [7, 11) is 6.96. The molecule has 9 N–H and O–H groups in total. The van der Waals surface area contributed by atoms with E-state index in [-0.39, 0.29) is 30.8 Å². The van der Waals surface area contributed by atoms with Crippen LogP contribution in [0.15, 0.2) is 0 Å². The van der Waals surface area contributed by atoms with E-state index in [1.54, 1.807) is 51.8 Å². The number of nitrogens with zero attached hydrogens (tertiary/aromatic N) is 2. The molecule has 17 nitrogen and oxygen atoms in total. The highest BCUT2D eigenvalue weighted by Crippen LogP contribution is 2.04. The van der Waals surface area contributed by atoms with Crippen molar-refractivity contribution >= 4 is 36.8 Å². The molecule has 0 rings (SSSR count). The van der Waals surface area contributed by atoms with Crippen LogP contribution >= 0.6 is 12.4 Å². The fourth-order valence-corrected chi connectivity index (χ4v) is 2.91. The molecule has 50 heavy (non-hydrogen) atoms. The van der Waals surface area contributed by atoms with Gasteiger partial charge in [0.2, 0.25) is 12.3 Å². The van der Waals surface area contributed by atoms with Gasteiger partial charge in [-0.15, -0.1) is 12.4 Å². The van der Waals surface area contributed by atoms with Gasteiger partial charge >= 0.3 is 17.9 Å². The number of nitrogens with two attached hydrogens (primary N) is 2. The molecule has 18 heteroatoms. The first-order valence-corrected chi connectivity index (χ1v) is 16.3. The third kappa shape index (κ3) is 36.9.